The number of urea groups is 1. The number of ether oxygens (including phenoxy) is 2. The molecule has 1 fully saturated rings. The third-order valence-corrected chi connectivity index (χ3v) is 8.09. The maximum Gasteiger partial charge on any atom is 0.348 e. The minimum absolute atomic E-state index is 0.145. The van der Waals surface area contributed by atoms with E-state index in [1.807, 2.05) is 23.6 Å². The van der Waals surface area contributed by atoms with E-state index in [4.69, 9.17) is 9.47 Å². The number of methoxy groups -OCH3 is 2. The molecule has 3 amide bonds. The molecule has 10 nitrogen and oxygen atoms in total. The highest BCUT2D eigenvalue weighted by Crippen LogP contribution is 2.29. The predicted molar refractivity (Wildman–Crippen MR) is 159 cm³/mol. The number of thiophene rings is 1. The zero-order valence-electron chi connectivity index (χ0n) is 24.4. The number of imidazole rings is 1. The van der Waals surface area contributed by atoms with Crippen LogP contribution in [0.2, 0.25) is 0 Å². The monoisotopic (exact) mass is 592 g/mol. The molecule has 0 radical (unpaired) electrons. The number of carbonyl (C=O) groups excluding carboxylic acids is 4. The number of nitrogens with zero attached hydrogens (tertiary/aromatic N) is 4. The Balaban J connectivity index is 1.71. The third-order valence-electron chi connectivity index (χ3n) is 7.04. The van der Waals surface area contributed by atoms with Crippen molar-refractivity contribution < 1.29 is 28.7 Å². The molecular formula is C31H36N4O6S. The molecule has 1 aromatic carbocycles. The Kier molecular flexibility index (Phi) is 10.3. The number of amides is 3. The maximum atomic E-state index is 13.6. The summed E-state index contributed by atoms with van der Waals surface area (Å²) in [5.41, 5.74) is 2.36. The van der Waals surface area contributed by atoms with Gasteiger partial charge in [0.15, 0.2) is 0 Å². The second-order valence-corrected chi connectivity index (χ2v) is 11.1. The zero-order chi connectivity index (χ0) is 30.2. The lowest BCUT2D eigenvalue weighted by molar-refractivity contribution is -0.123. The smallest absolute Gasteiger partial charge is 0.348 e. The van der Waals surface area contributed by atoms with E-state index in [1.54, 1.807) is 36.5 Å². The van der Waals surface area contributed by atoms with E-state index in [0.717, 1.165) is 41.9 Å². The lowest BCUT2D eigenvalue weighted by Crippen LogP contribution is -2.33. The SMILES string of the molecule is CCCCc1ncc(/C=C2/C(=O)N(CCCC)C(=O)N2Cc2ccc(C(=O)OC)s2)n1Cc1ccc(C(=O)OC)cc1. The lowest BCUT2D eigenvalue weighted by Gasteiger charge is -2.17. The second-order valence-electron chi connectivity index (χ2n) is 9.94. The minimum atomic E-state index is -0.446. The highest BCUT2D eigenvalue weighted by molar-refractivity contribution is 7.13. The molecule has 0 aliphatic carbocycles. The molecule has 1 saturated heterocycles. The van der Waals surface area contributed by atoms with Crippen LogP contribution in [0.5, 0.6) is 0 Å². The number of aromatic nitrogens is 2. The standard InChI is InChI=1S/C31H36N4O6S/c1-5-7-9-27-32-18-23(34(27)19-21-10-12-22(13-11-21)29(37)40-3)17-25-28(36)33(16-8-6-2)31(39)35(25)20-24-14-15-26(42-24)30(38)41-4/h10-15,17-18H,5-9,16,19-20H2,1-4H3/b25-17-. The molecule has 1 aliphatic rings. The van der Waals surface area contributed by atoms with E-state index >= 15 is 0 Å². The summed E-state index contributed by atoms with van der Waals surface area (Å²) in [6, 6.07) is 10.2. The number of hydrogen-bond acceptors (Lipinski definition) is 8. The fourth-order valence-electron chi connectivity index (χ4n) is 4.67. The van der Waals surface area contributed by atoms with Gasteiger partial charge in [-0.3, -0.25) is 14.6 Å². The predicted octanol–water partition coefficient (Wildman–Crippen LogP) is 5.51. The quantitative estimate of drug-likeness (QED) is 0.146. The van der Waals surface area contributed by atoms with E-state index in [9.17, 15) is 19.2 Å². The number of rotatable bonds is 13. The van der Waals surface area contributed by atoms with Crippen LogP contribution < -0.4 is 0 Å². The minimum Gasteiger partial charge on any atom is -0.465 e. The van der Waals surface area contributed by atoms with Crippen LogP contribution in [-0.4, -0.2) is 64.0 Å². The number of carbonyl (C=O) groups is 4. The highest BCUT2D eigenvalue weighted by atomic mass is 32.1. The van der Waals surface area contributed by atoms with E-state index < -0.39 is 11.9 Å². The van der Waals surface area contributed by atoms with Gasteiger partial charge >= 0.3 is 18.0 Å². The van der Waals surface area contributed by atoms with Gasteiger partial charge < -0.3 is 14.0 Å². The van der Waals surface area contributed by atoms with Gasteiger partial charge in [0.05, 0.1) is 38.2 Å². The molecule has 1 aliphatic heterocycles. The van der Waals surface area contributed by atoms with Gasteiger partial charge in [-0.25, -0.2) is 19.4 Å². The summed E-state index contributed by atoms with van der Waals surface area (Å²) in [4.78, 5) is 59.6. The van der Waals surface area contributed by atoms with E-state index in [2.05, 4.69) is 11.9 Å². The molecule has 0 spiro atoms. The Morgan fingerprint density at radius 3 is 2.29 bits per heavy atom. The largest absolute Gasteiger partial charge is 0.465 e. The van der Waals surface area contributed by atoms with Crippen LogP contribution in [0.3, 0.4) is 0 Å². The van der Waals surface area contributed by atoms with Crippen molar-refractivity contribution in [2.75, 3.05) is 20.8 Å². The Labute approximate surface area is 249 Å². The van der Waals surface area contributed by atoms with Crippen LogP contribution in [0.25, 0.3) is 6.08 Å². The fraction of sp³-hybridized carbons (Fsp3) is 0.387. The van der Waals surface area contributed by atoms with Crippen LogP contribution in [0.15, 0.2) is 48.3 Å². The van der Waals surface area contributed by atoms with Gasteiger partial charge in [-0.05, 0) is 48.7 Å². The van der Waals surface area contributed by atoms with Crippen LogP contribution in [0, 0.1) is 0 Å². The normalized spacial score (nSPS) is 14.2. The van der Waals surface area contributed by atoms with Crippen molar-refractivity contribution in [2.45, 2.75) is 59.0 Å². The van der Waals surface area contributed by atoms with Gasteiger partial charge in [-0.1, -0.05) is 38.8 Å². The molecular weight excluding hydrogens is 556 g/mol. The summed E-state index contributed by atoms with van der Waals surface area (Å²) in [7, 11) is 2.67. The van der Waals surface area contributed by atoms with Gasteiger partial charge in [0.1, 0.15) is 16.4 Å². The summed E-state index contributed by atoms with van der Waals surface area (Å²) < 4.78 is 11.7. The van der Waals surface area contributed by atoms with Crippen molar-refractivity contribution >= 4 is 41.3 Å². The van der Waals surface area contributed by atoms with Crippen molar-refractivity contribution in [1.82, 2.24) is 19.4 Å². The molecule has 2 aromatic heterocycles. The Bertz CT molecular complexity index is 1470. The molecule has 0 N–H and O–H groups in total. The van der Waals surface area contributed by atoms with Crippen molar-refractivity contribution in [3.63, 3.8) is 0 Å². The molecule has 4 rings (SSSR count). The first-order valence-corrected chi connectivity index (χ1v) is 14.9. The molecule has 0 atom stereocenters. The van der Waals surface area contributed by atoms with Gasteiger partial charge in [0.2, 0.25) is 0 Å². The van der Waals surface area contributed by atoms with E-state index in [1.165, 1.54) is 35.4 Å². The average Bonchev–Trinajstić information content (AvgIpc) is 3.69. The van der Waals surface area contributed by atoms with Gasteiger partial charge in [0, 0.05) is 24.4 Å². The fourth-order valence-corrected chi connectivity index (χ4v) is 5.59. The number of esters is 2. The van der Waals surface area contributed by atoms with Crippen LogP contribution in [0.4, 0.5) is 4.79 Å². The number of benzene rings is 1. The first-order valence-electron chi connectivity index (χ1n) is 14.0. The average molecular weight is 593 g/mol. The van der Waals surface area contributed by atoms with Crippen molar-refractivity contribution in [3.8, 4) is 0 Å². The zero-order valence-corrected chi connectivity index (χ0v) is 25.2. The highest BCUT2D eigenvalue weighted by Gasteiger charge is 2.41. The topological polar surface area (TPSA) is 111 Å². The molecule has 0 saturated carbocycles. The number of imide groups is 1. The Hall–Kier alpha value is -4.25. The number of aryl methyl sites for hydroxylation is 1. The second kappa shape index (κ2) is 14.1. The summed E-state index contributed by atoms with van der Waals surface area (Å²) in [6.45, 7) is 5.06. The molecule has 3 heterocycles. The summed E-state index contributed by atoms with van der Waals surface area (Å²) in [5, 5.41) is 0. The molecule has 3 aromatic rings. The number of unbranched alkanes of at least 4 members (excludes halogenated alkanes) is 2. The van der Waals surface area contributed by atoms with E-state index in [0.29, 0.717) is 35.6 Å². The van der Waals surface area contributed by atoms with E-state index in [-0.39, 0.29) is 24.2 Å². The number of hydrogen-bond donors (Lipinski definition) is 0. The lowest BCUT2D eigenvalue weighted by atomic mass is 10.1. The summed E-state index contributed by atoms with van der Waals surface area (Å²) in [5.74, 6) is -0.338. The van der Waals surface area contributed by atoms with Gasteiger partial charge in [0.25, 0.3) is 5.91 Å². The molecule has 42 heavy (non-hydrogen) atoms. The Morgan fingerprint density at radius 1 is 0.905 bits per heavy atom. The van der Waals surface area contributed by atoms with Crippen LogP contribution >= 0.6 is 11.3 Å². The van der Waals surface area contributed by atoms with Crippen molar-refractivity contribution in [3.05, 3.63) is 80.7 Å². The van der Waals surface area contributed by atoms with Gasteiger partial charge in [-0.2, -0.15) is 0 Å². The first kappa shape index (κ1) is 30.7. The molecule has 0 bridgehead atoms. The van der Waals surface area contributed by atoms with Crippen LogP contribution in [0.1, 0.15) is 81.5 Å². The molecule has 222 valence electrons. The maximum absolute atomic E-state index is 13.6. The summed E-state index contributed by atoms with van der Waals surface area (Å²) in [6.07, 6.45) is 7.70. The van der Waals surface area contributed by atoms with Crippen molar-refractivity contribution in [1.29, 1.82) is 0 Å². The molecule has 0 unspecified atom stereocenters. The first-order chi connectivity index (χ1) is 20.3. The van der Waals surface area contributed by atoms with Crippen LogP contribution in [-0.2, 0) is 33.8 Å². The Morgan fingerprint density at radius 2 is 1.62 bits per heavy atom. The third kappa shape index (κ3) is 6.79. The van der Waals surface area contributed by atoms with Crippen molar-refractivity contribution in [2.24, 2.45) is 0 Å². The molecule has 11 heteroatoms. The summed E-state index contributed by atoms with van der Waals surface area (Å²) >= 11 is 1.23. The van der Waals surface area contributed by atoms with Gasteiger partial charge in [-0.15, -0.1) is 11.3 Å².